The number of nitrogens with zero attached hydrogens (tertiary/aromatic N) is 2. The SMILES string of the molecule is Cn1c(=O)nc(SCC2CC(=O)C23CCC3)[nH]c1=O. The van der Waals surface area contributed by atoms with Crippen molar-refractivity contribution in [3.8, 4) is 0 Å². The molecule has 1 atom stereocenters. The Hall–Kier alpha value is -1.37. The minimum atomic E-state index is -0.547. The molecule has 2 saturated carbocycles. The number of carbonyl (C=O) groups is 1. The molecule has 1 unspecified atom stereocenters. The summed E-state index contributed by atoms with van der Waals surface area (Å²) < 4.78 is 0.935. The van der Waals surface area contributed by atoms with Gasteiger partial charge in [0.2, 0.25) is 0 Å². The third-order valence-electron chi connectivity index (χ3n) is 4.44. The van der Waals surface area contributed by atoms with Crippen LogP contribution >= 0.6 is 11.8 Å². The number of carbonyl (C=O) groups excluding carboxylic acids is 1. The molecule has 0 aliphatic heterocycles. The predicted molar refractivity (Wildman–Crippen MR) is 70.2 cm³/mol. The quantitative estimate of drug-likeness (QED) is 0.807. The third kappa shape index (κ3) is 1.87. The fourth-order valence-electron chi connectivity index (χ4n) is 2.88. The van der Waals surface area contributed by atoms with Crippen molar-refractivity contribution < 1.29 is 4.79 Å². The molecule has 19 heavy (non-hydrogen) atoms. The van der Waals surface area contributed by atoms with Crippen molar-refractivity contribution in [3.63, 3.8) is 0 Å². The van der Waals surface area contributed by atoms with Crippen LogP contribution in [-0.2, 0) is 11.8 Å². The van der Waals surface area contributed by atoms with E-state index in [1.165, 1.54) is 18.8 Å². The van der Waals surface area contributed by atoms with E-state index in [9.17, 15) is 14.4 Å². The predicted octanol–water partition coefficient (Wildman–Crippen LogP) is 0.320. The molecule has 6 nitrogen and oxygen atoms in total. The number of thioether (sulfide) groups is 1. The number of nitrogens with one attached hydrogen (secondary N) is 1. The van der Waals surface area contributed by atoms with Gasteiger partial charge in [-0.15, -0.1) is 0 Å². The molecule has 2 aliphatic rings. The third-order valence-corrected chi connectivity index (χ3v) is 5.47. The van der Waals surface area contributed by atoms with Gasteiger partial charge in [-0.1, -0.05) is 18.2 Å². The van der Waals surface area contributed by atoms with Crippen molar-refractivity contribution in [3.05, 3.63) is 21.0 Å². The van der Waals surface area contributed by atoms with Gasteiger partial charge in [0.25, 0.3) is 0 Å². The molecular formula is C12H15N3O3S. The molecule has 2 fully saturated rings. The van der Waals surface area contributed by atoms with E-state index in [0.717, 1.165) is 29.6 Å². The Labute approximate surface area is 113 Å². The van der Waals surface area contributed by atoms with Crippen LogP contribution in [0, 0.1) is 11.3 Å². The lowest BCUT2D eigenvalue weighted by molar-refractivity contribution is -0.153. The lowest BCUT2D eigenvalue weighted by atomic mass is 9.49. The normalized spacial score (nSPS) is 24.1. The summed E-state index contributed by atoms with van der Waals surface area (Å²) in [7, 11) is 1.39. The average molecular weight is 281 g/mol. The van der Waals surface area contributed by atoms with Crippen molar-refractivity contribution in [1.82, 2.24) is 14.5 Å². The Morgan fingerprint density at radius 3 is 2.68 bits per heavy atom. The maximum absolute atomic E-state index is 11.7. The summed E-state index contributed by atoms with van der Waals surface area (Å²) >= 11 is 1.36. The van der Waals surface area contributed by atoms with E-state index in [4.69, 9.17) is 0 Å². The van der Waals surface area contributed by atoms with Crippen LogP contribution in [-0.4, -0.2) is 26.1 Å². The zero-order valence-corrected chi connectivity index (χ0v) is 11.5. The average Bonchev–Trinajstić information content (AvgIpc) is 2.28. The fourth-order valence-corrected chi connectivity index (χ4v) is 3.98. The van der Waals surface area contributed by atoms with Gasteiger partial charge >= 0.3 is 11.4 Å². The van der Waals surface area contributed by atoms with Crippen LogP contribution < -0.4 is 11.4 Å². The molecule has 1 aromatic rings. The van der Waals surface area contributed by atoms with Crippen LogP contribution in [0.3, 0.4) is 0 Å². The molecule has 0 saturated heterocycles. The Balaban J connectivity index is 1.69. The molecule has 0 amide bonds. The van der Waals surface area contributed by atoms with E-state index < -0.39 is 11.4 Å². The van der Waals surface area contributed by atoms with Crippen LogP contribution in [0.1, 0.15) is 25.7 Å². The van der Waals surface area contributed by atoms with Gasteiger partial charge < -0.3 is 0 Å². The first-order valence-corrected chi connectivity index (χ1v) is 7.35. The molecule has 1 aromatic heterocycles. The number of hydrogen-bond acceptors (Lipinski definition) is 5. The molecule has 1 N–H and O–H groups in total. The molecule has 3 rings (SSSR count). The second-order valence-corrected chi connectivity index (χ2v) is 6.34. The molecule has 1 heterocycles. The van der Waals surface area contributed by atoms with E-state index in [0.29, 0.717) is 23.3 Å². The van der Waals surface area contributed by atoms with E-state index in [2.05, 4.69) is 9.97 Å². The van der Waals surface area contributed by atoms with Gasteiger partial charge in [0.1, 0.15) is 5.78 Å². The Kier molecular flexibility index (Phi) is 2.88. The Morgan fingerprint density at radius 2 is 2.16 bits per heavy atom. The summed E-state index contributed by atoms with van der Waals surface area (Å²) in [5.74, 6) is 1.49. The summed E-state index contributed by atoms with van der Waals surface area (Å²) in [6, 6.07) is 0. The van der Waals surface area contributed by atoms with Gasteiger partial charge in [-0.2, -0.15) is 4.98 Å². The minimum absolute atomic E-state index is 0.0764. The highest BCUT2D eigenvalue weighted by molar-refractivity contribution is 7.99. The van der Waals surface area contributed by atoms with E-state index in [-0.39, 0.29) is 5.41 Å². The second kappa shape index (κ2) is 4.33. The van der Waals surface area contributed by atoms with Crippen molar-refractivity contribution in [2.75, 3.05) is 5.75 Å². The topological polar surface area (TPSA) is 84.8 Å². The van der Waals surface area contributed by atoms with Crippen LogP contribution in [0.15, 0.2) is 14.7 Å². The van der Waals surface area contributed by atoms with Gasteiger partial charge in [-0.05, 0) is 18.8 Å². The maximum Gasteiger partial charge on any atom is 0.353 e. The van der Waals surface area contributed by atoms with Crippen molar-refractivity contribution in [2.24, 2.45) is 18.4 Å². The first-order chi connectivity index (χ1) is 9.03. The van der Waals surface area contributed by atoms with Crippen LogP contribution in [0.25, 0.3) is 0 Å². The molecule has 2 aliphatic carbocycles. The molecule has 7 heteroatoms. The van der Waals surface area contributed by atoms with Gasteiger partial charge in [0.15, 0.2) is 5.16 Å². The molecule has 102 valence electrons. The summed E-state index contributed by atoms with van der Waals surface area (Å²) in [5.41, 5.74) is -1.08. The summed E-state index contributed by atoms with van der Waals surface area (Å²) in [6.45, 7) is 0. The first-order valence-electron chi connectivity index (χ1n) is 6.36. The van der Waals surface area contributed by atoms with Crippen molar-refractivity contribution in [2.45, 2.75) is 30.8 Å². The maximum atomic E-state index is 11.7. The number of rotatable bonds is 3. The Bertz CT molecular complexity index is 613. The van der Waals surface area contributed by atoms with Crippen LogP contribution in [0.4, 0.5) is 0 Å². The minimum Gasteiger partial charge on any atom is -0.299 e. The number of hydrogen-bond donors (Lipinski definition) is 1. The van der Waals surface area contributed by atoms with Gasteiger partial charge in [0.05, 0.1) is 0 Å². The highest BCUT2D eigenvalue weighted by atomic mass is 32.2. The van der Waals surface area contributed by atoms with Crippen molar-refractivity contribution >= 4 is 17.5 Å². The van der Waals surface area contributed by atoms with Crippen molar-refractivity contribution in [1.29, 1.82) is 0 Å². The second-order valence-electron chi connectivity index (χ2n) is 5.33. The zero-order valence-electron chi connectivity index (χ0n) is 10.6. The highest BCUT2D eigenvalue weighted by Crippen LogP contribution is 2.58. The zero-order chi connectivity index (χ0) is 13.6. The lowest BCUT2D eigenvalue weighted by Crippen LogP contribution is -2.55. The molecular weight excluding hydrogens is 266 g/mol. The molecule has 0 bridgehead atoms. The van der Waals surface area contributed by atoms with Gasteiger partial charge in [-0.3, -0.25) is 9.78 Å². The molecule has 0 aromatic carbocycles. The highest BCUT2D eigenvalue weighted by Gasteiger charge is 2.57. The van der Waals surface area contributed by atoms with E-state index >= 15 is 0 Å². The van der Waals surface area contributed by atoms with Crippen LogP contribution in [0.5, 0.6) is 0 Å². The number of aromatic amines is 1. The summed E-state index contributed by atoms with van der Waals surface area (Å²) in [5, 5.41) is 0.349. The Morgan fingerprint density at radius 1 is 1.42 bits per heavy atom. The van der Waals surface area contributed by atoms with E-state index in [1.54, 1.807) is 0 Å². The number of Topliss-reactive ketones (excluding diaryl/α,β-unsaturated/α-hetero) is 1. The van der Waals surface area contributed by atoms with Crippen LogP contribution in [0.2, 0.25) is 0 Å². The number of ketones is 1. The van der Waals surface area contributed by atoms with Gasteiger partial charge in [-0.25, -0.2) is 14.2 Å². The summed E-state index contributed by atoms with van der Waals surface area (Å²) in [6.07, 6.45) is 3.76. The molecule has 0 radical (unpaired) electrons. The van der Waals surface area contributed by atoms with Gasteiger partial charge in [0, 0.05) is 24.6 Å². The fraction of sp³-hybridized carbons (Fsp3) is 0.667. The first kappa shape index (κ1) is 12.7. The number of H-pyrrole nitrogens is 1. The monoisotopic (exact) mass is 281 g/mol. The molecule has 1 spiro atoms. The van der Waals surface area contributed by atoms with E-state index in [1.807, 2.05) is 0 Å². The summed E-state index contributed by atoms with van der Waals surface area (Å²) in [4.78, 5) is 40.9. The number of aromatic nitrogens is 3. The smallest absolute Gasteiger partial charge is 0.299 e. The largest absolute Gasteiger partial charge is 0.353 e. The lowest BCUT2D eigenvalue weighted by Gasteiger charge is -2.54. The standard InChI is InChI=1S/C12H15N3O3S/c1-15-10(17)13-9(14-11(15)18)19-6-7-5-8(16)12(7)3-2-4-12/h7H,2-6H2,1H3,(H,13,14,17,18).